The average molecular weight is 183 g/mol. The van der Waals surface area contributed by atoms with Crippen LogP contribution in [0.2, 0.25) is 0 Å². The predicted molar refractivity (Wildman–Crippen MR) is 47.4 cm³/mol. The Hall–Kier alpha value is -0.610. The molecule has 1 radical (unpaired) electrons. The Morgan fingerprint density at radius 3 is 2.77 bits per heavy atom. The lowest BCUT2D eigenvalue weighted by molar-refractivity contribution is -0.141. The van der Waals surface area contributed by atoms with Gasteiger partial charge in [-0.1, -0.05) is 0 Å². The number of carbonyl (C=O) groups excluding carboxylic acids is 1. The van der Waals surface area contributed by atoms with Crippen LogP contribution in [0, 0.1) is 0 Å². The highest BCUT2D eigenvalue weighted by Crippen LogP contribution is 2.14. The van der Waals surface area contributed by atoms with E-state index in [1.165, 1.54) is 0 Å². The van der Waals surface area contributed by atoms with Gasteiger partial charge >= 0.3 is 0 Å². The zero-order valence-electron chi connectivity index (χ0n) is 7.74. The van der Waals surface area contributed by atoms with Gasteiger partial charge in [-0.15, -0.1) is 0 Å². The van der Waals surface area contributed by atoms with Crippen molar-refractivity contribution in [3.63, 3.8) is 0 Å². The van der Waals surface area contributed by atoms with Crippen LogP contribution in [0.5, 0.6) is 0 Å². The maximum atomic E-state index is 11.8. The van der Waals surface area contributed by atoms with Gasteiger partial charge in [0.1, 0.15) is 6.10 Å². The highest BCUT2D eigenvalue weighted by atomic mass is 16.5. The second-order valence-electron chi connectivity index (χ2n) is 3.50. The van der Waals surface area contributed by atoms with Crippen molar-refractivity contribution in [3.8, 4) is 0 Å². The standard InChI is InChI=1S/C9H15N2O2/c12-9(8-2-1-7-13-8)11-5-3-10-4-6-11/h8H,1-7H2/t8-/m1/s1. The van der Waals surface area contributed by atoms with Gasteiger partial charge in [0.25, 0.3) is 5.91 Å². The molecular formula is C9H15N2O2. The van der Waals surface area contributed by atoms with Gasteiger partial charge in [0.05, 0.1) is 0 Å². The molecule has 4 heteroatoms. The van der Waals surface area contributed by atoms with Gasteiger partial charge < -0.3 is 9.64 Å². The fraction of sp³-hybridized carbons (Fsp3) is 0.889. The first-order valence-electron chi connectivity index (χ1n) is 4.91. The van der Waals surface area contributed by atoms with E-state index in [1.54, 1.807) is 0 Å². The minimum absolute atomic E-state index is 0.155. The van der Waals surface area contributed by atoms with E-state index in [1.807, 2.05) is 4.90 Å². The summed E-state index contributed by atoms with van der Waals surface area (Å²) in [6.07, 6.45) is 1.76. The molecule has 2 fully saturated rings. The molecule has 0 N–H and O–H groups in total. The molecule has 0 saturated carbocycles. The van der Waals surface area contributed by atoms with Crippen molar-refractivity contribution < 1.29 is 9.53 Å². The highest BCUT2D eigenvalue weighted by Gasteiger charge is 2.28. The molecule has 0 aromatic heterocycles. The third-order valence-corrected chi connectivity index (χ3v) is 2.57. The van der Waals surface area contributed by atoms with Gasteiger partial charge in [-0.3, -0.25) is 4.79 Å². The van der Waals surface area contributed by atoms with Gasteiger partial charge in [0.15, 0.2) is 0 Å². The zero-order chi connectivity index (χ0) is 9.10. The summed E-state index contributed by atoms with van der Waals surface area (Å²) in [5, 5.41) is 4.20. The van der Waals surface area contributed by atoms with Crippen LogP contribution in [0.15, 0.2) is 0 Å². The van der Waals surface area contributed by atoms with E-state index in [4.69, 9.17) is 4.74 Å². The van der Waals surface area contributed by atoms with Crippen LogP contribution in [0.4, 0.5) is 0 Å². The van der Waals surface area contributed by atoms with Crippen molar-refractivity contribution in [2.45, 2.75) is 18.9 Å². The molecule has 0 unspecified atom stereocenters. The molecule has 2 heterocycles. The maximum Gasteiger partial charge on any atom is 0.251 e. The number of hydrogen-bond acceptors (Lipinski definition) is 2. The lowest BCUT2D eigenvalue weighted by atomic mass is 10.2. The van der Waals surface area contributed by atoms with Crippen molar-refractivity contribution in [3.05, 3.63) is 0 Å². The Labute approximate surface area is 78.2 Å². The lowest BCUT2D eigenvalue weighted by Crippen LogP contribution is -2.47. The first-order chi connectivity index (χ1) is 6.38. The van der Waals surface area contributed by atoms with Crippen LogP contribution in [-0.4, -0.2) is 49.7 Å². The molecule has 2 aliphatic heterocycles. The summed E-state index contributed by atoms with van der Waals surface area (Å²) in [4.78, 5) is 13.6. The maximum absolute atomic E-state index is 11.8. The van der Waals surface area contributed by atoms with E-state index in [0.29, 0.717) is 0 Å². The van der Waals surface area contributed by atoms with E-state index in [0.717, 1.165) is 45.6 Å². The molecule has 0 aromatic carbocycles. The van der Waals surface area contributed by atoms with Gasteiger partial charge in [0, 0.05) is 32.8 Å². The summed E-state index contributed by atoms with van der Waals surface area (Å²) in [5.74, 6) is 0.174. The minimum atomic E-state index is -0.155. The van der Waals surface area contributed by atoms with Crippen LogP contribution in [0.3, 0.4) is 0 Å². The number of ether oxygens (including phenoxy) is 1. The SMILES string of the molecule is O=C([C@H]1CCCO1)N1CC[N]CC1. The Bertz CT molecular complexity index is 184. The molecule has 1 amide bonds. The summed E-state index contributed by atoms with van der Waals surface area (Å²) >= 11 is 0. The van der Waals surface area contributed by atoms with E-state index in [-0.39, 0.29) is 12.0 Å². The quantitative estimate of drug-likeness (QED) is 0.556. The topological polar surface area (TPSA) is 43.6 Å². The summed E-state index contributed by atoms with van der Waals surface area (Å²) in [5.41, 5.74) is 0. The molecule has 2 saturated heterocycles. The highest BCUT2D eigenvalue weighted by molar-refractivity contribution is 5.81. The zero-order valence-corrected chi connectivity index (χ0v) is 7.74. The van der Waals surface area contributed by atoms with E-state index < -0.39 is 0 Å². The first kappa shape index (κ1) is 8.97. The third kappa shape index (κ3) is 2.00. The van der Waals surface area contributed by atoms with Gasteiger partial charge in [-0.25, -0.2) is 5.32 Å². The largest absolute Gasteiger partial charge is 0.368 e. The molecule has 4 nitrogen and oxygen atoms in total. The summed E-state index contributed by atoms with van der Waals surface area (Å²) in [6, 6.07) is 0. The monoisotopic (exact) mass is 183 g/mol. The summed E-state index contributed by atoms with van der Waals surface area (Å²) in [7, 11) is 0. The van der Waals surface area contributed by atoms with E-state index in [2.05, 4.69) is 5.32 Å². The summed E-state index contributed by atoms with van der Waals surface area (Å²) < 4.78 is 5.35. The smallest absolute Gasteiger partial charge is 0.251 e. The molecule has 73 valence electrons. The van der Waals surface area contributed by atoms with Crippen molar-refractivity contribution in [2.75, 3.05) is 32.8 Å². The van der Waals surface area contributed by atoms with Crippen molar-refractivity contribution in [1.82, 2.24) is 10.2 Å². The van der Waals surface area contributed by atoms with Crippen LogP contribution in [0.1, 0.15) is 12.8 Å². The van der Waals surface area contributed by atoms with Gasteiger partial charge in [-0.05, 0) is 12.8 Å². The molecule has 0 aliphatic carbocycles. The van der Waals surface area contributed by atoms with Crippen molar-refractivity contribution in [2.24, 2.45) is 0 Å². The number of amides is 1. The number of nitrogens with zero attached hydrogens (tertiary/aromatic N) is 2. The van der Waals surface area contributed by atoms with Crippen molar-refractivity contribution in [1.29, 1.82) is 0 Å². The molecule has 0 spiro atoms. The Morgan fingerprint density at radius 1 is 1.38 bits per heavy atom. The number of piperazine rings is 1. The van der Waals surface area contributed by atoms with E-state index in [9.17, 15) is 4.79 Å². The van der Waals surface area contributed by atoms with Crippen molar-refractivity contribution >= 4 is 5.91 Å². The van der Waals surface area contributed by atoms with Gasteiger partial charge in [0.2, 0.25) is 0 Å². The lowest BCUT2D eigenvalue weighted by Gasteiger charge is -2.28. The average Bonchev–Trinajstić information content (AvgIpc) is 2.71. The van der Waals surface area contributed by atoms with Crippen LogP contribution in [-0.2, 0) is 9.53 Å². The Balaban J connectivity index is 1.87. The third-order valence-electron chi connectivity index (χ3n) is 2.57. The first-order valence-corrected chi connectivity index (χ1v) is 4.91. The van der Waals surface area contributed by atoms with Gasteiger partial charge in [-0.2, -0.15) is 0 Å². The molecule has 13 heavy (non-hydrogen) atoms. The second kappa shape index (κ2) is 4.07. The summed E-state index contributed by atoms with van der Waals surface area (Å²) in [6.45, 7) is 3.88. The number of hydrogen-bond donors (Lipinski definition) is 0. The second-order valence-corrected chi connectivity index (χ2v) is 3.50. The van der Waals surface area contributed by atoms with E-state index >= 15 is 0 Å². The molecule has 1 atom stereocenters. The minimum Gasteiger partial charge on any atom is -0.368 e. The molecular weight excluding hydrogens is 168 g/mol. The number of carbonyl (C=O) groups is 1. The fourth-order valence-corrected chi connectivity index (χ4v) is 1.80. The number of rotatable bonds is 1. The van der Waals surface area contributed by atoms with Crippen LogP contribution >= 0.6 is 0 Å². The molecule has 2 aliphatic rings. The normalized spacial score (nSPS) is 29.2. The Morgan fingerprint density at radius 2 is 2.15 bits per heavy atom. The molecule has 0 aromatic rings. The van der Waals surface area contributed by atoms with Crippen LogP contribution < -0.4 is 5.32 Å². The van der Waals surface area contributed by atoms with Crippen LogP contribution in [0.25, 0.3) is 0 Å². The predicted octanol–water partition coefficient (Wildman–Crippen LogP) is -0.388. The Kier molecular flexibility index (Phi) is 2.80. The molecule has 2 rings (SSSR count). The molecule has 0 bridgehead atoms. The fourth-order valence-electron chi connectivity index (χ4n) is 1.80.